The number of rotatable bonds is 10. The highest BCUT2D eigenvalue weighted by atomic mass is 127. The normalized spacial score (nSPS) is 16.9. The second-order valence-corrected chi connectivity index (χ2v) is 7.86. The molecule has 1 unspecified atom stereocenters. The molecular formula is C23H41IN4O3. The van der Waals surface area contributed by atoms with E-state index in [-0.39, 0.29) is 35.6 Å². The summed E-state index contributed by atoms with van der Waals surface area (Å²) in [5.41, 5.74) is 1.17. The van der Waals surface area contributed by atoms with Crippen LogP contribution in [-0.4, -0.2) is 70.0 Å². The lowest BCUT2D eigenvalue weighted by Gasteiger charge is -2.41. The van der Waals surface area contributed by atoms with E-state index >= 15 is 0 Å². The Morgan fingerprint density at radius 2 is 1.77 bits per heavy atom. The van der Waals surface area contributed by atoms with Crippen LogP contribution in [0.25, 0.3) is 0 Å². The van der Waals surface area contributed by atoms with Crippen molar-refractivity contribution in [1.29, 1.82) is 0 Å². The van der Waals surface area contributed by atoms with Gasteiger partial charge in [0.15, 0.2) is 17.5 Å². The molecule has 0 bridgehead atoms. The molecule has 8 heteroatoms. The largest absolute Gasteiger partial charge is 0.490 e. The van der Waals surface area contributed by atoms with E-state index < -0.39 is 0 Å². The van der Waals surface area contributed by atoms with Gasteiger partial charge < -0.3 is 29.7 Å². The van der Waals surface area contributed by atoms with Crippen molar-refractivity contribution in [2.24, 2.45) is 4.99 Å². The molecule has 0 spiro atoms. The molecule has 1 fully saturated rings. The Balaban J connectivity index is 0.00000480. The average molecular weight is 549 g/mol. The molecule has 2 rings (SSSR count). The molecule has 1 aromatic rings. The van der Waals surface area contributed by atoms with Gasteiger partial charge in [0.2, 0.25) is 0 Å². The van der Waals surface area contributed by atoms with E-state index in [1.54, 1.807) is 0 Å². The first-order valence-corrected chi connectivity index (χ1v) is 11.1. The number of nitrogens with one attached hydrogen (secondary N) is 2. The second-order valence-electron chi connectivity index (χ2n) is 7.86. The van der Waals surface area contributed by atoms with Gasteiger partial charge in [0.1, 0.15) is 0 Å². The van der Waals surface area contributed by atoms with E-state index in [0.29, 0.717) is 13.2 Å². The lowest BCUT2D eigenvalue weighted by Crippen LogP contribution is -2.51. The van der Waals surface area contributed by atoms with Gasteiger partial charge in [-0.3, -0.25) is 4.99 Å². The van der Waals surface area contributed by atoms with Crippen LogP contribution in [0, 0.1) is 0 Å². The quantitative estimate of drug-likeness (QED) is 0.263. The summed E-state index contributed by atoms with van der Waals surface area (Å²) in [7, 11) is 4.28. The van der Waals surface area contributed by atoms with Gasteiger partial charge in [-0.2, -0.15) is 0 Å². The number of hydrogen-bond donors (Lipinski definition) is 2. The number of aliphatic imine (C=N–C) groups is 1. The topological polar surface area (TPSA) is 67.4 Å². The van der Waals surface area contributed by atoms with Crippen LogP contribution in [-0.2, 0) is 4.74 Å². The van der Waals surface area contributed by atoms with Crippen LogP contribution in [0.1, 0.15) is 52.1 Å². The third-order valence-electron chi connectivity index (χ3n) is 5.67. The number of likely N-dealkylation sites (N-methyl/N-ethyl adjacent to an activating group) is 1. The fraction of sp³-hybridized carbons (Fsp3) is 0.696. The summed E-state index contributed by atoms with van der Waals surface area (Å²) in [6.45, 7) is 12.5. The molecule has 7 nitrogen and oxygen atoms in total. The van der Waals surface area contributed by atoms with Crippen molar-refractivity contribution in [1.82, 2.24) is 15.5 Å². The van der Waals surface area contributed by atoms with Crippen LogP contribution in [0.2, 0.25) is 0 Å². The SMILES string of the molecule is CCNC(=NCC1(N(C)C)CCOCC1)NC(C)c1ccc(OCC)c(OCC)c1.I. The zero-order valence-corrected chi connectivity index (χ0v) is 22.3. The van der Waals surface area contributed by atoms with Gasteiger partial charge in [0, 0.05) is 25.3 Å². The zero-order chi connectivity index (χ0) is 22.0. The van der Waals surface area contributed by atoms with E-state index in [1.807, 2.05) is 19.9 Å². The van der Waals surface area contributed by atoms with Gasteiger partial charge in [0.25, 0.3) is 0 Å². The Hall–Kier alpha value is -1.26. The summed E-state index contributed by atoms with van der Waals surface area (Å²) < 4.78 is 17.1. The molecule has 2 N–H and O–H groups in total. The molecular weight excluding hydrogens is 507 g/mol. The zero-order valence-electron chi connectivity index (χ0n) is 20.0. The van der Waals surface area contributed by atoms with Gasteiger partial charge in [-0.15, -0.1) is 24.0 Å². The number of halogens is 1. The van der Waals surface area contributed by atoms with Gasteiger partial charge in [-0.25, -0.2) is 0 Å². The lowest BCUT2D eigenvalue weighted by atomic mass is 9.89. The predicted octanol–water partition coefficient (Wildman–Crippen LogP) is 3.83. The minimum Gasteiger partial charge on any atom is -0.490 e. The Bertz CT molecular complexity index is 679. The van der Waals surface area contributed by atoms with Crippen LogP contribution >= 0.6 is 24.0 Å². The average Bonchev–Trinajstić information content (AvgIpc) is 2.74. The standard InChI is InChI=1S/C23H40N4O3.HI/c1-7-24-22(25-17-23(27(5)6)12-14-28-15-13-23)26-18(4)19-10-11-20(29-8-2)21(16-19)30-9-3;/h10-11,16,18H,7-9,12-15,17H2,1-6H3,(H2,24,25,26);1H. The molecule has 1 heterocycles. The highest BCUT2D eigenvalue weighted by Crippen LogP contribution is 2.31. The fourth-order valence-electron chi connectivity index (χ4n) is 3.67. The van der Waals surface area contributed by atoms with E-state index in [9.17, 15) is 0 Å². The van der Waals surface area contributed by atoms with Crippen molar-refractivity contribution < 1.29 is 14.2 Å². The Labute approximate surface area is 205 Å². The van der Waals surface area contributed by atoms with Crippen LogP contribution in [0.15, 0.2) is 23.2 Å². The fourth-order valence-corrected chi connectivity index (χ4v) is 3.67. The van der Waals surface area contributed by atoms with Gasteiger partial charge >= 0.3 is 0 Å². The molecule has 0 radical (unpaired) electrons. The summed E-state index contributed by atoms with van der Waals surface area (Å²) >= 11 is 0. The summed E-state index contributed by atoms with van der Waals surface area (Å²) in [4.78, 5) is 7.24. The van der Waals surface area contributed by atoms with Crippen molar-refractivity contribution >= 4 is 29.9 Å². The number of benzene rings is 1. The first-order valence-electron chi connectivity index (χ1n) is 11.1. The number of hydrogen-bond acceptors (Lipinski definition) is 5. The molecule has 0 saturated carbocycles. The van der Waals surface area contributed by atoms with E-state index in [2.05, 4.69) is 55.6 Å². The summed E-state index contributed by atoms with van der Waals surface area (Å²) in [5.74, 6) is 2.38. The smallest absolute Gasteiger partial charge is 0.191 e. The molecule has 1 aromatic carbocycles. The van der Waals surface area contributed by atoms with Crippen molar-refractivity contribution in [2.45, 2.75) is 52.1 Å². The molecule has 1 saturated heterocycles. The molecule has 0 aliphatic carbocycles. The third-order valence-corrected chi connectivity index (χ3v) is 5.67. The maximum atomic E-state index is 5.78. The van der Waals surface area contributed by atoms with E-state index in [1.165, 1.54) is 0 Å². The first kappa shape index (κ1) is 27.8. The van der Waals surface area contributed by atoms with Gasteiger partial charge in [-0.05, 0) is 72.3 Å². The Morgan fingerprint density at radius 1 is 1.13 bits per heavy atom. The maximum absolute atomic E-state index is 5.78. The van der Waals surface area contributed by atoms with Crippen LogP contribution in [0.5, 0.6) is 11.5 Å². The first-order chi connectivity index (χ1) is 14.5. The van der Waals surface area contributed by atoms with Crippen molar-refractivity contribution in [3.8, 4) is 11.5 Å². The monoisotopic (exact) mass is 548 g/mol. The Morgan fingerprint density at radius 3 is 2.35 bits per heavy atom. The second kappa shape index (κ2) is 14.0. The van der Waals surface area contributed by atoms with Crippen LogP contribution < -0.4 is 20.1 Å². The summed E-state index contributed by atoms with van der Waals surface area (Å²) in [6.07, 6.45) is 1.99. The van der Waals surface area contributed by atoms with Gasteiger partial charge in [0.05, 0.1) is 25.8 Å². The summed E-state index contributed by atoms with van der Waals surface area (Å²) in [5, 5.41) is 6.93. The van der Waals surface area contributed by atoms with Crippen molar-refractivity contribution in [3.05, 3.63) is 23.8 Å². The van der Waals surface area contributed by atoms with E-state index in [4.69, 9.17) is 19.2 Å². The number of guanidine groups is 1. The number of ether oxygens (including phenoxy) is 3. The minimum atomic E-state index is 0. The molecule has 178 valence electrons. The molecule has 0 aromatic heterocycles. The lowest BCUT2D eigenvalue weighted by molar-refractivity contribution is -0.00255. The van der Waals surface area contributed by atoms with Crippen molar-refractivity contribution in [2.75, 3.05) is 53.6 Å². The predicted molar refractivity (Wildman–Crippen MR) is 138 cm³/mol. The molecule has 1 aliphatic rings. The minimum absolute atomic E-state index is 0. The Kier molecular flexibility index (Phi) is 12.5. The molecule has 1 aliphatic heterocycles. The van der Waals surface area contributed by atoms with Crippen LogP contribution in [0.3, 0.4) is 0 Å². The molecule has 1 atom stereocenters. The highest BCUT2D eigenvalue weighted by molar-refractivity contribution is 14.0. The van der Waals surface area contributed by atoms with Crippen molar-refractivity contribution in [3.63, 3.8) is 0 Å². The maximum Gasteiger partial charge on any atom is 0.191 e. The molecule has 31 heavy (non-hydrogen) atoms. The molecule has 0 amide bonds. The highest BCUT2D eigenvalue weighted by Gasteiger charge is 2.34. The van der Waals surface area contributed by atoms with Crippen LogP contribution in [0.4, 0.5) is 0 Å². The summed E-state index contributed by atoms with van der Waals surface area (Å²) in [6, 6.07) is 6.18. The number of nitrogens with zero attached hydrogens (tertiary/aromatic N) is 2. The third kappa shape index (κ3) is 7.98. The van der Waals surface area contributed by atoms with E-state index in [0.717, 1.165) is 62.2 Å². The van der Waals surface area contributed by atoms with Gasteiger partial charge in [-0.1, -0.05) is 6.07 Å².